The molecular weight excluding hydrogens is 316 g/mol. The van der Waals surface area contributed by atoms with Gasteiger partial charge in [0.2, 0.25) is 0 Å². The van der Waals surface area contributed by atoms with E-state index in [0.717, 1.165) is 5.56 Å². The van der Waals surface area contributed by atoms with Gasteiger partial charge in [-0.05, 0) is 42.9 Å². The Morgan fingerprint density at radius 1 is 1.28 bits per heavy atom. The average molecular weight is 336 g/mol. The lowest BCUT2D eigenvalue weighted by atomic mass is 9.69. The number of hydrogen-bond acceptors (Lipinski definition) is 4. The molecule has 1 unspecified atom stereocenters. The molecule has 25 heavy (non-hydrogen) atoms. The lowest BCUT2D eigenvalue weighted by molar-refractivity contribution is -0.145. The highest BCUT2D eigenvalue weighted by atomic mass is 16.5. The summed E-state index contributed by atoms with van der Waals surface area (Å²) in [5, 5.41) is 17.4. The molecule has 5 heteroatoms. The minimum absolute atomic E-state index is 0.136. The van der Waals surface area contributed by atoms with Gasteiger partial charge in [-0.25, -0.2) is 0 Å². The van der Waals surface area contributed by atoms with Crippen LogP contribution >= 0.6 is 0 Å². The van der Waals surface area contributed by atoms with Crippen LogP contribution in [0.3, 0.4) is 0 Å². The Balaban J connectivity index is 1.92. The molecule has 0 spiro atoms. The molecule has 0 bridgehead atoms. The molecule has 3 atom stereocenters. The van der Waals surface area contributed by atoms with E-state index in [1.807, 2.05) is 30.3 Å². The molecule has 1 saturated carbocycles. The van der Waals surface area contributed by atoms with Gasteiger partial charge in [-0.15, -0.1) is 5.10 Å². The largest absolute Gasteiger partial charge is 0.481 e. The van der Waals surface area contributed by atoms with Crippen molar-refractivity contribution in [3.8, 4) is 11.8 Å². The van der Waals surface area contributed by atoms with Gasteiger partial charge in [-0.2, -0.15) is 5.10 Å². The predicted octanol–water partition coefficient (Wildman–Crippen LogP) is 2.88. The minimum Gasteiger partial charge on any atom is -0.481 e. The zero-order valence-electron chi connectivity index (χ0n) is 14.1. The van der Waals surface area contributed by atoms with Crippen molar-refractivity contribution < 1.29 is 14.6 Å². The van der Waals surface area contributed by atoms with Gasteiger partial charge < -0.3 is 9.84 Å². The van der Waals surface area contributed by atoms with E-state index in [0.29, 0.717) is 25.0 Å². The summed E-state index contributed by atoms with van der Waals surface area (Å²) in [4.78, 5) is 11.7. The lowest BCUT2D eigenvalue weighted by Gasteiger charge is -2.39. The van der Waals surface area contributed by atoms with Crippen molar-refractivity contribution in [3.05, 3.63) is 59.9 Å². The van der Waals surface area contributed by atoms with Gasteiger partial charge in [0.05, 0.1) is 5.92 Å². The van der Waals surface area contributed by atoms with Gasteiger partial charge in [0.1, 0.15) is 11.3 Å². The third kappa shape index (κ3) is 3.86. The van der Waals surface area contributed by atoms with E-state index in [1.165, 1.54) is 0 Å². The SMILES string of the molecule is COC1(C#Cc2cccnn2)CC[C@@H](C(=O)O)[C@H](c2ccccc2)C1. The molecular formula is C20H20N2O3. The fourth-order valence-electron chi connectivity index (χ4n) is 3.43. The van der Waals surface area contributed by atoms with E-state index in [4.69, 9.17) is 4.74 Å². The number of methoxy groups -OCH3 is 1. The Hall–Kier alpha value is -2.71. The molecule has 5 nitrogen and oxygen atoms in total. The summed E-state index contributed by atoms with van der Waals surface area (Å²) in [6, 6.07) is 13.3. The molecule has 0 radical (unpaired) electrons. The van der Waals surface area contributed by atoms with Crippen molar-refractivity contribution >= 4 is 5.97 Å². The highest BCUT2D eigenvalue weighted by Crippen LogP contribution is 2.44. The first-order chi connectivity index (χ1) is 12.1. The van der Waals surface area contributed by atoms with Crippen LogP contribution in [0.2, 0.25) is 0 Å². The first-order valence-electron chi connectivity index (χ1n) is 8.27. The number of nitrogens with zero attached hydrogens (tertiary/aromatic N) is 2. The number of rotatable bonds is 3. The van der Waals surface area contributed by atoms with Crippen molar-refractivity contribution in [1.82, 2.24) is 10.2 Å². The van der Waals surface area contributed by atoms with E-state index in [1.54, 1.807) is 25.4 Å². The van der Waals surface area contributed by atoms with Crippen LogP contribution in [0.25, 0.3) is 0 Å². The van der Waals surface area contributed by atoms with Gasteiger partial charge >= 0.3 is 5.97 Å². The van der Waals surface area contributed by atoms with E-state index in [2.05, 4.69) is 22.0 Å². The Kier molecular flexibility index (Phi) is 5.11. The normalized spacial score (nSPS) is 25.6. The zero-order valence-corrected chi connectivity index (χ0v) is 14.1. The van der Waals surface area contributed by atoms with E-state index in [-0.39, 0.29) is 5.92 Å². The molecule has 1 heterocycles. The van der Waals surface area contributed by atoms with Crippen LogP contribution in [0.1, 0.15) is 36.4 Å². The summed E-state index contributed by atoms with van der Waals surface area (Å²) in [7, 11) is 1.63. The van der Waals surface area contributed by atoms with Crippen LogP contribution in [0.15, 0.2) is 48.7 Å². The fraction of sp³-hybridized carbons (Fsp3) is 0.350. The van der Waals surface area contributed by atoms with Crippen LogP contribution in [-0.2, 0) is 9.53 Å². The van der Waals surface area contributed by atoms with Crippen molar-refractivity contribution in [1.29, 1.82) is 0 Å². The molecule has 0 aliphatic heterocycles. The van der Waals surface area contributed by atoms with Crippen molar-refractivity contribution in [2.24, 2.45) is 5.92 Å². The summed E-state index contributed by atoms with van der Waals surface area (Å²) in [6.45, 7) is 0. The Bertz CT molecular complexity index is 783. The minimum atomic E-state index is -0.763. The molecule has 1 aromatic heterocycles. The Morgan fingerprint density at radius 3 is 2.72 bits per heavy atom. The molecule has 1 aliphatic carbocycles. The zero-order chi connectivity index (χ0) is 17.7. The second kappa shape index (κ2) is 7.45. The molecule has 1 fully saturated rings. The molecule has 1 aliphatic rings. The highest BCUT2D eigenvalue weighted by molar-refractivity contribution is 5.71. The van der Waals surface area contributed by atoms with Crippen molar-refractivity contribution in [3.63, 3.8) is 0 Å². The molecule has 1 N–H and O–H groups in total. The van der Waals surface area contributed by atoms with Gasteiger partial charge in [0, 0.05) is 19.2 Å². The Morgan fingerprint density at radius 2 is 2.08 bits per heavy atom. The quantitative estimate of drug-likeness (QED) is 0.873. The summed E-state index contributed by atoms with van der Waals surface area (Å²) < 4.78 is 5.77. The van der Waals surface area contributed by atoms with E-state index >= 15 is 0 Å². The maximum atomic E-state index is 11.7. The first-order valence-corrected chi connectivity index (χ1v) is 8.27. The third-order valence-electron chi connectivity index (χ3n) is 4.82. The number of carboxylic acids is 1. The smallest absolute Gasteiger partial charge is 0.307 e. The monoisotopic (exact) mass is 336 g/mol. The molecule has 1 aromatic carbocycles. The topological polar surface area (TPSA) is 72.3 Å². The number of benzene rings is 1. The summed E-state index contributed by atoms with van der Waals surface area (Å²) in [5.74, 6) is 4.89. The van der Waals surface area contributed by atoms with Crippen LogP contribution in [-0.4, -0.2) is 34.0 Å². The van der Waals surface area contributed by atoms with E-state index in [9.17, 15) is 9.90 Å². The fourth-order valence-corrected chi connectivity index (χ4v) is 3.43. The van der Waals surface area contributed by atoms with Gasteiger partial charge in [0.25, 0.3) is 0 Å². The average Bonchev–Trinajstić information content (AvgIpc) is 2.67. The first kappa shape index (κ1) is 17.1. The molecule has 128 valence electrons. The number of ether oxygens (including phenoxy) is 1. The summed E-state index contributed by atoms with van der Waals surface area (Å²) in [5.41, 5.74) is 0.914. The predicted molar refractivity (Wildman–Crippen MR) is 92.8 cm³/mol. The van der Waals surface area contributed by atoms with Crippen molar-refractivity contribution in [2.75, 3.05) is 7.11 Å². The number of aromatic nitrogens is 2. The second-order valence-corrected chi connectivity index (χ2v) is 6.26. The summed E-state index contributed by atoms with van der Waals surface area (Å²) >= 11 is 0. The maximum Gasteiger partial charge on any atom is 0.307 e. The lowest BCUT2D eigenvalue weighted by Crippen LogP contribution is -2.41. The van der Waals surface area contributed by atoms with Crippen molar-refractivity contribution in [2.45, 2.75) is 30.8 Å². The van der Waals surface area contributed by atoms with Crippen LogP contribution in [0.5, 0.6) is 0 Å². The van der Waals surface area contributed by atoms with Gasteiger partial charge in [0.15, 0.2) is 0 Å². The molecule has 0 amide bonds. The van der Waals surface area contributed by atoms with Gasteiger partial charge in [-0.1, -0.05) is 36.3 Å². The van der Waals surface area contributed by atoms with E-state index < -0.39 is 17.5 Å². The standard InChI is InChI=1S/C20H20N2O3/c1-25-20(11-9-16-8-5-13-21-22-16)12-10-17(19(23)24)18(14-20)15-6-3-2-4-7-15/h2-8,13,17-18H,10,12,14H2,1H3,(H,23,24)/t17-,18+,20?/m1/s1. The maximum absolute atomic E-state index is 11.7. The number of carboxylic acid groups (broad SMARTS) is 1. The summed E-state index contributed by atoms with van der Waals surface area (Å²) in [6.07, 6.45) is 3.24. The van der Waals surface area contributed by atoms with Crippen LogP contribution < -0.4 is 0 Å². The van der Waals surface area contributed by atoms with Crippen LogP contribution in [0, 0.1) is 17.8 Å². The Labute approximate surface area is 147 Å². The second-order valence-electron chi connectivity index (χ2n) is 6.26. The van der Waals surface area contributed by atoms with Gasteiger partial charge in [-0.3, -0.25) is 4.79 Å². The van der Waals surface area contributed by atoms with Crippen LogP contribution in [0.4, 0.5) is 0 Å². The highest BCUT2D eigenvalue weighted by Gasteiger charge is 2.43. The number of aliphatic carboxylic acids is 1. The number of carbonyl (C=O) groups is 1. The molecule has 0 saturated heterocycles. The number of hydrogen-bond donors (Lipinski definition) is 1. The molecule has 2 aromatic rings. The molecule has 3 rings (SSSR count). The third-order valence-corrected chi connectivity index (χ3v) is 4.82.